The monoisotopic (exact) mass is 1440 g/mol. The minimum Gasteiger partial charge on any atom is -0.478 e. The number of H-pyrrole nitrogens is 6. The molecular weight excluding hydrogens is 1380 g/mol. The van der Waals surface area contributed by atoms with Crippen molar-refractivity contribution < 1.29 is 64.9 Å². The molecule has 0 unspecified atom stereocenters. The number of carbonyl (C=O) groups is 5. The maximum atomic E-state index is 12.8. The Hall–Kier alpha value is -11.2. The fourth-order valence-electron chi connectivity index (χ4n) is 12.1. The van der Waals surface area contributed by atoms with Gasteiger partial charge in [0.1, 0.15) is 5.56 Å². The number of carbonyl (C=O) groups excluding carboxylic acids is 4. The molecule has 0 spiro atoms. The number of likely N-dealkylation sites (tertiary alicyclic amines) is 2. The number of methoxy groups -OCH3 is 2. The van der Waals surface area contributed by atoms with Crippen molar-refractivity contribution in [1.29, 1.82) is 0 Å². The lowest BCUT2D eigenvalue weighted by Gasteiger charge is -2.32. The van der Waals surface area contributed by atoms with Crippen LogP contribution >= 0.6 is 11.6 Å². The molecule has 11 heterocycles. The van der Waals surface area contributed by atoms with E-state index in [2.05, 4.69) is 85.0 Å². The number of alkyl halides is 6. The second-order valence-corrected chi connectivity index (χ2v) is 24.4. The van der Waals surface area contributed by atoms with Crippen LogP contribution < -0.4 is 22.2 Å². The van der Waals surface area contributed by atoms with Gasteiger partial charge in [-0.1, -0.05) is 0 Å². The molecule has 2 aliphatic heterocycles. The highest BCUT2D eigenvalue weighted by atomic mass is 35.5. The first-order chi connectivity index (χ1) is 48.7. The Morgan fingerprint density at radius 2 is 0.882 bits per heavy atom. The third-order valence-corrected chi connectivity index (χ3v) is 17.7. The molecule has 6 aliphatic rings. The van der Waals surface area contributed by atoms with Crippen molar-refractivity contribution in [3.8, 4) is 17.8 Å². The number of esters is 2. The number of carboxylic acid groups (broad SMARTS) is 1. The van der Waals surface area contributed by atoms with Crippen molar-refractivity contribution >= 4 is 41.3 Å². The Morgan fingerprint density at radius 1 is 0.500 bits per heavy atom. The summed E-state index contributed by atoms with van der Waals surface area (Å²) in [5.41, 5.74) is 7.56. The number of ether oxygens (including phenoxy) is 2. The van der Waals surface area contributed by atoms with E-state index >= 15 is 0 Å². The molecule has 0 saturated carbocycles. The Labute approximate surface area is 576 Å². The molecule has 2 amide bonds. The smallest absolute Gasteiger partial charge is 0.391 e. The van der Waals surface area contributed by atoms with Crippen molar-refractivity contribution in [2.24, 2.45) is 11.8 Å². The lowest BCUT2D eigenvalue weighted by molar-refractivity contribution is -0.184. The van der Waals surface area contributed by atoms with Gasteiger partial charge in [0.15, 0.2) is 0 Å². The first-order valence-electron chi connectivity index (χ1n) is 32.1. The first kappa shape index (κ1) is 73.5. The average Bonchev–Trinajstić information content (AvgIpc) is 1.64. The third-order valence-electron chi connectivity index (χ3n) is 17.6. The topological polar surface area (TPSA) is 424 Å². The number of fused-ring (bicyclic) bond motifs is 4. The highest BCUT2D eigenvalue weighted by Crippen LogP contribution is 2.36. The van der Waals surface area contributed by atoms with E-state index in [9.17, 15) is 69.5 Å². The Kier molecular flexibility index (Phi) is 23.0. The predicted octanol–water partition coefficient (Wildman–Crippen LogP) is 5.47. The van der Waals surface area contributed by atoms with Crippen LogP contribution in [0.15, 0.2) is 74.9 Å². The van der Waals surface area contributed by atoms with Crippen molar-refractivity contribution in [2.75, 3.05) is 40.4 Å². The van der Waals surface area contributed by atoms with Crippen molar-refractivity contribution in [1.82, 2.24) is 99.4 Å². The van der Waals surface area contributed by atoms with Crippen LogP contribution in [0.4, 0.5) is 26.3 Å². The quantitative estimate of drug-likeness (QED) is 0.0563. The second kappa shape index (κ2) is 32.0. The molecule has 9 aromatic heterocycles. The number of hydrogen-bond acceptors (Lipinski definition) is 20. The number of nitrogens with one attached hydrogen (secondary N) is 6. The summed E-state index contributed by atoms with van der Waals surface area (Å²) < 4.78 is 88.6. The molecule has 102 heavy (non-hydrogen) atoms. The molecule has 32 nitrogen and oxygen atoms in total. The Morgan fingerprint density at radius 3 is 1.29 bits per heavy atom. The van der Waals surface area contributed by atoms with E-state index in [0.717, 1.165) is 110 Å². The number of halogens is 7. The van der Waals surface area contributed by atoms with Crippen LogP contribution in [0, 0.1) is 18.8 Å². The second-order valence-electron chi connectivity index (χ2n) is 24.0. The van der Waals surface area contributed by atoms with Gasteiger partial charge in [0.25, 0.3) is 34.1 Å². The van der Waals surface area contributed by atoms with Crippen LogP contribution in [0.2, 0.25) is 5.28 Å². The number of amides is 2. The molecule has 15 rings (SSSR count). The molecule has 2 saturated heterocycles. The number of rotatable bonds is 8. The van der Waals surface area contributed by atoms with Gasteiger partial charge in [-0.05, 0) is 121 Å². The van der Waals surface area contributed by atoms with Crippen LogP contribution in [-0.2, 0) is 60.8 Å². The molecular formula is C63H67ClF6N20O12. The molecule has 4 aliphatic carbocycles. The number of piperidine rings is 2. The zero-order valence-electron chi connectivity index (χ0n) is 54.8. The third kappa shape index (κ3) is 17.5. The molecule has 2 fully saturated rings. The minimum atomic E-state index is -4.22. The van der Waals surface area contributed by atoms with Crippen LogP contribution in [0.25, 0.3) is 17.8 Å². The van der Waals surface area contributed by atoms with Gasteiger partial charge in [-0.3, -0.25) is 58.9 Å². The highest BCUT2D eigenvalue weighted by molar-refractivity contribution is 6.28. The van der Waals surface area contributed by atoms with Gasteiger partial charge in [0.2, 0.25) is 23.1 Å². The standard InChI is InChI=1S/C17H18F3N5O2.2C12H12N4O3.C10H12F3N3O.C7H7ClN2O.C5H6N2O2/c18-17(19,20)11-4-6-24(7-5-11)15(27)10-8-21-25(9-10)16-22-13-3-1-2-12(13)14(26)23-16;1-19-11(18)7-5-13-16(6-7)12-14-9-4-2-3-8(9)10(17)15-12;1-6-8(11(18)19)5-13-16(6)12-14-9-4-2-3-7(9)10(17)15-12;11-10(12,13)8-1-3-16(4-2-8)9(17)7-5-14-15-6-7;8-7-9-5-3-1-2-4(5)6(11)10-7;1-9-5(8)4-2-6-7-3-4/h8-9,11H,1-7H2,(H,22,23,26);5-6H,2-4H2,1H3,(H,14,15,17);5H,2-4H2,1H3,(H,18,19)(H,14,15,17);5-6,8H,1-4H2,(H,14,15);1-3H2,(H,9,10,11);2-3H,1H3,(H,6,7). The summed E-state index contributed by atoms with van der Waals surface area (Å²) >= 11 is 5.56. The number of carboxylic acids is 1. The van der Waals surface area contributed by atoms with Gasteiger partial charge in [-0.15, -0.1) is 0 Å². The maximum Gasteiger partial charge on any atom is 0.391 e. The first-order valence-corrected chi connectivity index (χ1v) is 32.5. The molecule has 0 radical (unpaired) electrons. The van der Waals surface area contributed by atoms with E-state index in [1.165, 1.54) is 93.8 Å². The number of aryl methyl sites for hydroxylation is 4. The van der Waals surface area contributed by atoms with E-state index in [4.69, 9.17) is 16.7 Å². The zero-order valence-corrected chi connectivity index (χ0v) is 55.6. The predicted molar refractivity (Wildman–Crippen MR) is 345 cm³/mol. The molecule has 0 bridgehead atoms. The summed E-state index contributed by atoms with van der Waals surface area (Å²) in [6, 6.07) is 0. The maximum absolute atomic E-state index is 12.8. The SMILES string of the molecule is COC(=O)c1cn[nH]c1.COC(=O)c1cnn(-c2nc3c(c(=O)[nH]2)CCC3)c1.Cc1c(C(=O)O)cnn1-c1nc2c(c(=O)[nH]1)CCC2.O=C(c1cn[nH]c1)N1CCC(C(F)(F)F)CC1.O=C(c1cnn(-c2nc3c(c(=O)[nH]2)CCC3)c1)N1CCC(C(F)(F)F)CC1.O=c1[nH]c(Cl)nc2c1CCC2. The summed E-state index contributed by atoms with van der Waals surface area (Å²) in [7, 11) is 2.63. The highest BCUT2D eigenvalue weighted by Gasteiger charge is 2.43. The van der Waals surface area contributed by atoms with Crippen LogP contribution in [0.3, 0.4) is 0 Å². The Bertz CT molecular complexity index is 4750. The number of aromatic amines is 6. The lowest BCUT2D eigenvalue weighted by atomic mass is 9.96. The fourth-order valence-corrected chi connectivity index (χ4v) is 12.3. The zero-order chi connectivity index (χ0) is 73.2. The van der Waals surface area contributed by atoms with Crippen molar-refractivity contribution in [3.63, 3.8) is 0 Å². The van der Waals surface area contributed by atoms with Gasteiger partial charge in [0, 0.05) is 73.2 Å². The number of nitrogens with zero attached hydrogens (tertiary/aromatic N) is 14. The largest absolute Gasteiger partial charge is 0.478 e. The van der Waals surface area contributed by atoms with Crippen molar-refractivity contribution in [2.45, 2.75) is 122 Å². The van der Waals surface area contributed by atoms with E-state index in [-0.39, 0.29) is 120 Å². The van der Waals surface area contributed by atoms with Gasteiger partial charge < -0.3 is 24.4 Å². The molecule has 39 heteroatoms. The summed E-state index contributed by atoms with van der Waals surface area (Å²) in [6.07, 6.45) is 14.0. The average molecular weight is 1450 g/mol. The Balaban J connectivity index is 0.000000136. The van der Waals surface area contributed by atoms with Crippen molar-refractivity contribution in [3.05, 3.63) is 181 Å². The fraction of sp³-hybridized carbons (Fsp3) is 0.429. The van der Waals surface area contributed by atoms with Crippen LogP contribution in [0.1, 0.15) is 154 Å². The molecule has 540 valence electrons. The van der Waals surface area contributed by atoms with Gasteiger partial charge >= 0.3 is 30.3 Å². The lowest BCUT2D eigenvalue weighted by Crippen LogP contribution is -2.42. The van der Waals surface area contributed by atoms with Gasteiger partial charge in [-0.25, -0.2) is 48.4 Å². The summed E-state index contributed by atoms with van der Waals surface area (Å²) in [5, 5.41) is 33.5. The molecule has 0 atom stereocenters. The van der Waals surface area contributed by atoms with E-state index in [0.29, 0.717) is 40.3 Å². The van der Waals surface area contributed by atoms with Crippen LogP contribution in [-0.4, -0.2) is 187 Å². The summed E-state index contributed by atoms with van der Waals surface area (Å²) in [6.45, 7) is 2.04. The number of aromatic nitrogens is 18. The molecule has 0 aromatic carbocycles. The minimum absolute atomic E-state index is 0.0207. The normalized spacial score (nSPS) is 15.2. The molecule has 7 N–H and O–H groups in total. The van der Waals surface area contributed by atoms with E-state index < -0.39 is 36.1 Å². The number of hydrogen-bond donors (Lipinski definition) is 7. The van der Waals surface area contributed by atoms with Gasteiger partial charge in [-0.2, -0.15) is 51.8 Å². The van der Waals surface area contributed by atoms with Gasteiger partial charge in [0.05, 0.1) is 108 Å². The summed E-state index contributed by atoms with van der Waals surface area (Å²) in [4.78, 5) is 135. The summed E-state index contributed by atoms with van der Waals surface area (Å²) in [5.74, 6) is -4.34. The van der Waals surface area contributed by atoms with E-state index in [1.807, 2.05) is 0 Å². The van der Waals surface area contributed by atoms with E-state index in [1.54, 1.807) is 6.92 Å². The van der Waals surface area contributed by atoms with Crippen LogP contribution in [0.5, 0.6) is 0 Å². The molecule has 9 aromatic rings. The number of aromatic carboxylic acids is 1.